The fraction of sp³-hybridized carbons (Fsp3) is 0.562. The Morgan fingerprint density at radius 2 is 1.95 bits per heavy atom. The number of amides is 1. The van der Waals surface area contributed by atoms with Crippen LogP contribution in [0.15, 0.2) is 24.3 Å². The highest BCUT2D eigenvalue weighted by Gasteiger charge is 2.32. The van der Waals surface area contributed by atoms with Crippen LogP contribution in [0.1, 0.15) is 43.7 Å². The van der Waals surface area contributed by atoms with Gasteiger partial charge in [0.1, 0.15) is 5.82 Å². The Bertz CT molecular complexity index is 464. The molecule has 1 aliphatic heterocycles. The maximum absolute atomic E-state index is 13.1. The van der Waals surface area contributed by atoms with Gasteiger partial charge in [0.15, 0.2) is 0 Å². The van der Waals surface area contributed by atoms with Crippen molar-refractivity contribution in [1.29, 1.82) is 0 Å². The molecule has 2 unspecified atom stereocenters. The topological polar surface area (TPSA) is 38.3 Å². The number of rotatable bonds is 4. The van der Waals surface area contributed by atoms with Crippen LogP contribution in [-0.2, 0) is 9.53 Å². The lowest BCUT2D eigenvalue weighted by Gasteiger charge is -2.30. The Morgan fingerprint density at radius 3 is 2.50 bits per heavy atom. The highest BCUT2D eigenvalue weighted by molar-refractivity contribution is 5.79. The second-order valence-electron chi connectivity index (χ2n) is 5.72. The predicted octanol–water partition coefficient (Wildman–Crippen LogP) is 2.96. The van der Waals surface area contributed by atoms with Gasteiger partial charge in [-0.3, -0.25) is 4.79 Å². The molecule has 20 heavy (non-hydrogen) atoms. The first-order chi connectivity index (χ1) is 9.74. The lowest BCUT2D eigenvalue weighted by Crippen LogP contribution is -2.41. The summed E-state index contributed by atoms with van der Waals surface area (Å²) in [6.07, 6.45) is 5.05. The van der Waals surface area contributed by atoms with Crippen LogP contribution in [0.25, 0.3) is 0 Å². The molecule has 108 valence electrons. The first kappa shape index (κ1) is 13.6. The molecule has 3 rings (SSSR count). The van der Waals surface area contributed by atoms with Crippen molar-refractivity contribution in [2.24, 2.45) is 5.92 Å². The maximum atomic E-state index is 13.1. The fourth-order valence-corrected chi connectivity index (χ4v) is 2.87. The van der Waals surface area contributed by atoms with E-state index in [1.54, 1.807) is 12.1 Å². The highest BCUT2D eigenvalue weighted by Crippen LogP contribution is 2.30. The number of hydrogen-bond acceptors (Lipinski definition) is 2. The van der Waals surface area contributed by atoms with Gasteiger partial charge in [-0.15, -0.1) is 0 Å². The van der Waals surface area contributed by atoms with E-state index >= 15 is 0 Å². The first-order valence-corrected chi connectivity index (χ1v) is 7.41. The second-order valence-corrected chi connectivity index (χ2v) is 5.72. The Kier molecular flexibility index (Phi) is 4.01. The van der Waals surface area contributed by atoms with Gasteiger partial charge in [0.2, 0.25) is 5.91 Å². The van der Waals surface area contributed by atoms with Gasteiger partial charge >= 0.3 is 0 Å². The van der Waals surface area contributed by atoms with Crippen LogP contribution in [0.5, 0.6) is 0 Å². The molecular weight excluding hydrogens is 257 g/mol. The number of nitrogens with one attached hydrogen (secondary N) is 1. The van der Waals surface area contributed by atoms with Crippen LogP contribution >= 0.6 is 0 Å². The molecule has 3 nitrogen and oxygen atoms in total. The zero-order valence-electron chi connectivity index (χ0n) is 11.5. The Morgan fingerprint density at radius 1 is 1.20 bits per heavy atom. The minimum absolute atomic E-state index is 0.00416. The van der Waals surface area contributed by atoms with E-state index in [4.69, 9.17) is 4.74 Å². The quantitative estimate of drug-likeness (QED) is 0.919. The molecule has 1 aromatic rings. The van der Waals surface area contributed by atoms with E-state index in [2.05, 4.69) is 5.32 Å². The van der Waals surface area contributed by atoms with Crippen LogP contribution in [0.4, 0.5) is 4.39 Å². The molecule has 0 aromatic heterocycles. The predicted molar refractivity (Wildman–Crippen MR) is 73.6 cm³/mol. The number of halogens is 1. The summed E-state index contributed by atoms with van der Waals surface area (Å²) in [7, 11) is 0. The first-order valence-electron chi connectivity index (χ1n) is 7.41. The molecule has 4 heteroatoms. The Labute approximate surface area is 118 Å². The normalized spacial score (nSPS) is 24.1. The summed E-state index contributed by atoms with van der Waals surface area (Å²) in [4.78, 5) is 12.2. The van der Waals surface area contributed by atoms with Gasteiger partial charge in [0, 0.05) is 12.5 Å². The van der Waals surface area contributed by atoms with Crippen LogP contribution < -0.4 is 5.32 Å². The summed E-state index contributed by atoms with van der Waals surface area (Å²) in [6.45, 7) is 0.738. The van der Waals surface area contributed by atoms with Crippen molar-refractivity contribution < 1.29 is 13.9 Å². The molecule has 0 radical (unpaired) electrons. The average Bonchev–Trinajstić information content (AvgIpc) is 2.88. The van der Waals surface area contributed by atoms with Crippen LogP contribution in [0.3, 0.4) is 0 Å². The molecule has 1 saturated carbocycles. The van der Waals surface area contributed by atoms with Crippen molar-refractivity contribution in [2.75, 3.05) is 6.61 Å². The smallest absolute Gasteiger partial charge is 0.223 e. The third kappa shape index (κ3) is 2.85. The monoisotopic (exact) mass is 277 g/mol. The van der Waals surface area contributed by atoms with Gasteiger partial charge in [0.25, 0.3) is 0 Å². The summed E-state index contributed by atoms with van der Waals surface area (Å²) >= 11 is 0. The van der Waals surface area contributed by atoms with E-state index < -0.39 is 0 Å². The minimum Gasteiger partial charge on any atom is -0.376 e. The lowest BCUT2D eigenvalue weighted by molar-refractivity contribution is -0.129. The summed E-state index contributed by atoms with van der Waals surface area (Å²) in [5.74, 6) is 0.00517. The average molecular weight is 277 g/mol. The van der Waals surface area contributed by atoms with Crippen molar-refractivity contribution in [2.45, 2.75) is 44.2 Å². The van der Waals surface area contributed by atoms with Crippen molar-refractivity contribution in [3.8, 4) is 0 Å². The standard InChI is InChI=1S/C16H20FNO2/c17-13-8-6-11(7-9-13)15(14-5-2-10-20-14)18-16(19)12-3-1-4-12/h6-9,12,14-15H,1-5,10H2,(H,18,19). The highest BCUT2D eigenvalue weighted by atomic mass is 19.1. The molecule has 1 heterocycles. The zero-order valence-corrected chi connectivity index (χ0v) is 11.5. The molecule has 1 amide bonds. The SMILES string of the molecule is O=C(NC(c1ccc(F)cc1)C1CCCO1)C1CCC1. The summed E-state index contributed by atoms with van der Waals surface area (Å²) in [5, 5.41) is 3.11. The summed E-state index contributed by atoms with van der Waals surface area (Å²) < 4.78 is 18.8. The van der Waals surface area contributed by atoms with E-state index in [-0.39, 0.29) is 29.8 Å². The molecule has 0 spiro atoms. The Balaban J connectivity index is 1.75. The number of hydrogen-bond donors (Lipinski definition) is 1. The van der Waals surface area contributed by atoms with Gasteiger partial charge in [-0.25, -0.2) is 4.39 Å². The second kappa shape index (κ2) is 5.92. The summed E-state index contributed by atoms with van der Waals surface area (Å²) in [5.41, 5.74) is 0.922. The van der Waals surface area contributed by atoms with Crippen LogP contribution in [-0.4, -0.2) is 18.6 Å². The molecule has 1 aliphatic carbocycles. The van der Waals surface area contributed by atoms with Gasteiger partial charge < -0.3 is 10.1 Å². The number of ether oxygens (including phenoxy) is 1. The van der Waals surface area contributed by atoms with Crippen LogP contribution in [0, 0.1) is 11.7 Å². The van der Waals surface area contributed by atoms with E-state index in [9.17, 15) is 9.18 Å². The number of carbonyl (C=O) groups excluding carboxylic acids is 1. The van der Waals surface area contributed by atoms with Gasteiger partial charge in [0.05, 0.1) is 12.1 Å². The van der Waals surface area contributed by atoms with Crippen molar-refractivity contribution in [3.63, 3.8) is 0 Å². The zero-order chi connectivity index (χ0) is 13.9. The Hall–Kier alpha value is -1.42. The van der Waals surface area contributed by atoms with Gasteiger partial charge in [-0.05, 0) is 43.4 Å². The van der Waals surface area contributed by atoms with Crippen molar-refractivity contribution in [1.82, 2.24) is 5.32 Å². The molecule has 2 fully saturated rings. The summed E-state index contributed by atoms with van der Waals surface area (Å²) in [6, 6.07) is 6.19. The molecule has 1 aromatic carbocycles. The van der Waals surface area contributed by atoms with Crippen LogP contribution in [0.2, 0.25) is 0 Å². The molecule has 1 saturated heterocycles. The third-order valence-corrected chi connectivity index (χ3v) is 4.34. The minimum atomic E-state index is -0.259. The molecule has 2 aliphatic rings. The lowest BCUT2D eigenvalue weighted by atomic mass is 9.84. The van der Waals surface area contributed by atoms with Gasteiger partial charge in [-0.2, -0.15) is 0 Å². The number of benzene rings is 1. The third-order valence-electron chi connectivity index (χ3n) is 4.34. The number of carbonyl (C=O) groups is 1. The van der Waals surface area contributed by atoms with E-state index in [1.807, 2.05) is 0 Å². The van der Waals surface area contributed by atoms with Gasteiger partial charge in [-0.1, -0.05) is 18.6 Å². The molecular formula is C16H20FNO2. The van der Waals surface area contributed by atoms with E-state index in [1.165, 1.54) is 12.1 Å². The largest absolute Gasteiger partial charge is 0.376 e. The molecule has 1 N–H and O–H groups in total. The van der Waals surface area contributed by atoms with E-state index in [0.29, 0.717) is 0 Å². The van der Waals surface area contributed by atoms with Crippen molar-refractivity contribution >= 4 is 5.91 Å². The maximum Gasteiger partial charge on any atom is 0.223 e. The van der Waals surface area contributed by atoms with E-state index in [0.717, 1.165) is 44.3 Å². The molecule has 0 bridgehead atoms. The molecule has 2 atom stereocenters. The van der Waals surface area contributed by atoms with Crippen molar-refractivity contribution in [3.05, 3.63) is 35.6 Å². The fourth-order valence-electron chi connectivity index (χ4n) is 2.87.